The number of methoxy groups -OCH3 is 1. The van der Waals surface area contributed by atoms with Gasteiger partial charge in [-0.15, -0.1) is 0 Å². The van der Waals surface area contributed by atoms with E-state index in [9.17, 15) is 85.0 Å². The number of nitro benzene ring substituents is 2. The molecule has 0 aliphatic carbocycles. The molecule has 0 unspecified atom stereocenters. The number of ether oxygens (including phenoxy) is 4. The summed E-state index contributed by atoms with van der Waals surface area (Å²) in [6, 6.07) is 38.8. The van der Waals surface area contributed by atoms with Crippen molar-refractivity contribution in [3.63, 3.8) is 0 Å². The number of nitro groups is 2. The van der Waals surface area contributed by atoms with Crippen molar-refractivity contribution in [3.05, 3.63) is 224 Å². The molecule has 0 spiro atoms. The maximum absolute atomic E-state index is 12.7. The van der Waals surface area contributed by atoms with Crippen LogP contribution in [0.1, 0.15) is 36.0 Å². The van der Waals surface area contributed by atoms with Crippen LogP contribution in [0.15, 0.2) is 189 Å². The van der Waals surface area contributed by atoms with Crippen LogP contribution < -0.4 is 40.5 Å². The number of esters is 1. The highest BCUT2D eigenvalue weighted by molar-refractivity contribution is 14.1. The number of para-hydroxylation sites is 5. The topological polar surface area (TPSA) is 407 Å². The third kappa shape index (κ3) is 25.6. The second-order valence-corrected chi connectivity index (χ2v) is 27.4. The summed E-state index contributed by atoms with van der Waals surface area (Å²) in [4.78, 5) is 28.3. The second-order valence-electron chi connectivity index (χ2n) is 18.2. The number of halogens is 10. The maximum atomic E-state index is 12.7. The van der Waals surface area contributed by atoms with Crippen LogP contribution in [0.5, 0.6) is 34.5 Å². The predicted octanol–water partition coefficient (Wildman–Crippen LogP) is 13.0. The fraction of sp³-hybridized carbons (Fsp3) is 0.105. The number of nitrogens with two attached hydrogens (primary N) is 5. The van der Waals surface area contributed by atoms with Crippen LogP contribution in [0, 0.1) is 39.2 Å². The Morgan fingerprint density at radius 3 is 1.31 bits per heavy atom. The number of alkyl halides is 6. The summed E-state index contributed by atoms with van der Waals surface area (Å²) >= 11 is 14.9. The van der Waals surface area contributed by atoms with Crippen molar-refractivity contribution in [2.24, 2.45) is 20.6 Å². The van der Waals surface area contributed by atoms with Crippen LogP contribution in [-0.2, 0) is 62.0 Å². The first-order chi connectivity index (χ1) is 44.0. The van der Waals surface area contributed by atoms with Crippen molar-refractivity contribution in [2.75, 3.05) is 12.8 Å². The zero-order chi connectivity index (χ0) is 71.4. The van der Waals surface area contributed by atoms with E-state index < -0.39 is 93.0 Å². The molecule has 0 saturated carbocycles. The minimum Gasteiger partial charge on any atom is -0.469 e. The monoisotopic (exact) mass is 1670 g/mol. The summed E-state index contributed by atoms with van der Waals surface area (Å²) in [5.74, 6) is 7.59. The lowest BCUT2D eigenvalue weighted by atomic mass is 10.2. The predicted molar refractivity (Wildman–Crippen MR) is 353 cm³/mol. The number of primary sulfonamides is 4. The molecule has 0 radical (unpaired) electrons. The Kier molecular flexibility index (Phi) is 29.0. The highest BCUT2D eigenvalue weighted by Gasteiger charge is 2.34. The van der Waals surface area contributed by atoms with Crippen molar-refractivity contribution in [2.45, 2.75) is 51.2 Å². The van der Waals surface area contributed by atoms with Gasteiger partial charge in [-0.2, -0.15) is 26.3 Å². The molecule has 8 rings (SSSR count). The minimum atomic E-state index is -4.68. The average molecular weight is 1670 g/mol. The SMILES string of the molecule is COC(=O)CCCC#Cc1ccccc1Oc1ccccc1N.NS(=O)(=O)c1cc(C(F)(F)F)ccc1Cl.NS(=O)(=O)c1cc(C(F)(F)F)ccc1Oc1ccccc1I.NS(=O)(=O)c1cc([N+](=O)[O-])ccc1Cl.NS(=O)(=O)c1cc([N+](=O)[O-])ccc1Oc1ccccc1I. The molecule has 0 aliphatic heterocycles. The van der Waals surface area contributed by atoms with Crippen molar-refractivity contribution in [3.8, 4) is 46.3 Å². The molecule has 0 amide bonds. The summed E-state index contributed by atoms with van der Waals surface area (Å²) < 4.78 is 187. The third-order valence-electron chi connectivity index (χ3n) is 11.3. The molecule has 506 valence electrons. The zero-order valence-electron chi connectivity index (χ0n) is 47.9. The number of non-ortho nitro benzene ring substituents is 2. The Labute approximate surface area is 575 Å². The second kappa shape index (κ2) is 34.6. The first-order valence-electron chi connectivity index (χ1n) is 25.5. The fourth-order valence-corrected chi connectivity index (χ4v) is 11.3. The molecule has 0 bridgehead atoms. The number of hydrogen-bond donors (Lipinski definition) is 5. The van der Waals surface area contributed by atoms with Gasteiger partial charge in [0.15, 0.2) is 0 Å². The van der Waals surface area contributed by atoms with E-state index in [2.05, 4.69) is 16.6 Å². The lowest BCUT2D eigenvalue weighted by Crippen LogP contribution is -2.15. The first-order valence-corrected chi connectivity index (χ1v) is 34.6. The van der Waals surface area contributed by atoms with Crippen LogP contribution in [0.3, 0.4) is 0 Å². The van der Waals surface area contributed by atoms with Crippen LogP contribution in [0.25, 0.3) is 0 Å². The van der Waals surface area contributed by atoms with Crippen molar-refractivity contribution >= 4 is 132 Å². The third-order valence-corrected chi connectivity index (χ3v) is 17.7. The number of carbonyl (C=O) groups is 1. The highest BCUT2D eigenvalue weighted by Crippen LogP contribution is 2.38. The van der Waals surface area contributed by atoms with Gasteiger partial charge in [-0.1, -0.05) is 83.6 Å². The summed E-state index contributed by atoms with van der Waals surface area (Å²) in [5.41, 5.74) is 4.27. The van der Waals surface area contributed by atoms with Crippen molar-refractivity contribution < 1.29 is 93.6 Å². The fourth-order valence-electron chi connectivity index (χ4n) is 6.85. The molecule has 10 N–H and O–H groups in total. The number of nitrogen functional groups attached to an aromatic ring is 1. The molecule has 8 aromatic rings. The number of sulfonamides is 4. The molecule has 0 heterocycles. The Bertz CT molecular complexity index is 4670. The van der Waals surface area contributed by atoms with E-state index in [0.29, 0.717) is 69.7 Å². The van der Waals surface area contributed by atoms with E-state index in [1.165, 1.54) is 13.2 Å². The van der Waals surface area contributed by atoms with Gasteiger partial charge in [-0.3, -0.25) is 25.0 Å². The molecule has 95 heavy (non-hydrogen) atoms. The summed E-state index contributed by atoms with van der Waals surface area (Å²) in [5, 5.41) is 40.1. The van der Waals surface area contributed by atoms with Gasteiger partial charge in [0.1, 0.15) is 54.1 Å². The standard InChI is InChI=1S/C19H19NO3.C13H9F3INO3S.C12H9IN2O5S.C7H5ClF3NO2S.C6H5ClN2O4S/c1-22-19(21)14-4-2-3-9-15-10-5-7-12-17(15)23-18-13-8-6-11-16(18)20;14-13(15,16)8-5-6-11(12(7-8)22(18,19)20)21-10-4-2-1-3-9(10)17;13-9-3-1-2-4-10(9)20-11-6-5-8(15(16)17)7-12(11)21(14,18)19;8-5-2-1-4(7(9,10)11)3-6(5)15(12,13)14;7-5-2-1-4(9(10)11)3-6(5)14(8,12)13/h5-8,10-13H,2,4,14,20H2,1H3;1-7H,(H2,18,19,20);1-7H,(H2,14,18,19);1-3H,(H2,12,13,14);1-3H,(H2,8,12,13). The summed E-state index contributed by atoms with van der Waals surface area (Å²) in [6.45, 7) is 0. The number of rotatable bonds is 15. The van der Waals surface area contributed by atoms with E-state index in [1.54, 1.807) is 54.6 Å². The first kappa shape index (κ1) is 79.5. The molecule has 0 aromatic heterocycles. The highest BCUT2D eigenvalue weighted by atomic mass is 127. The lowest BCUT2D eigenvalue weighted by Gasteiger charge is -2.13. The molecule has 24 nitrogen and oxygen atoms in total. The molecule has 0 atom stereocenters. The average Bonchev–Trinajstić information content (AvgIpc) is 0.830. The number of carbonyl (C=O) groups excluding carboxylic acids is 1. The molecule has 8 aromatic carbocycles. The van der Waals surface area contributed by atoms with Gasteiger partial charge in [0.2, 0.25) is 40.1 Å². The maximum Gasteiger partial charge on any atom is 0.416 e. The molecule has 0 saturated heterocycles. The van der Waals surface area contributed by atoms with Gasteiger partial charge in [0, 0.05) is 37.1 Å². The Hall–Kier alpha value is -7.95. The molecule has 38 heteroatoms. The van der Waals surface area contributed by atoms with E-state index in [-0.39, 0.29) is 38.9 Å². The molecule has 0 fully saturated rings. The van der Waals surface area contributed by atoms with Crippen LogP contribution in [0.4, 0.5) is 43.4 Å². The van der Waals surface area contributed by atoms with Crippen molar-refractivity contribution in [1.82, 2.24) is 0 Å². The lowest BCUT2D eigenvalue weighted by molar-refractivity contribution is -0.385. The number of unbranched alkanes of at least 4 members (excludes halogenated alkanes) is 1. The van der Waals surface area contributed by atoms with E-state index in [1.807, 2.05) is 87.6 Å². The van der Waals surface area contributed by atoms with Gasteiger partial charge in [0.25, 0.3) is 11.4 Å². The number of benzene rings is 8. The van der Waals surface area contributed by atoms with Crippen LogP contribution in [-0.4, -0.2) is 56.6 Å². The van der Waals surface area contributed by atoms with E-state index in [4.69, 9.17) is 63.7 Å². The zero-order valence-corrected chi connectivity index (χ0v) is 57.0. The van der Waals surface area contributed by atoms with Gasteiger partial charge >= 0.3 is 18.3 Å². The van der Waals surface area contributed by atoms with Gasteiger partial charge < -0.3 is 24.7 Å². The molecule has 0 aliphatic rings. The summed E-state index contributed by atoms with van der Waals surface area (Å²) in [7, 11) is -15.4. The number of hydrogen-bond acceptors (Lipinski definition) is 18. The minimum absolute atomic E-state index is 0.0628. The van der Waals surface area contributed by atoms with Gasteiger partial charge in [0.05, 0.1) is 56.5 Å². The number of nitrogens with zero attached hydrogens (tertiary/aromatic N) is 2. The smallest absolute Gasteiger partial charge is 0.416 e. The van der Waals surface area contributed by atoms with Crippen molar-refractivity contribution in [1.29, 1.82) is 0 Å². The van der Waals surface area contributed by atoms with Gasteiger partial charge in [-0.05, 0) is 149 Å². The van der Waals surface area contributed by atoms with E-state index in [0.717, 1.165) is 57.7 Å². The molecular formula is C57H47Cl2F6I2N7O17S4. The Morgan fingerprint density at radius 2 is 0.863 bits per heavy atom. The Morgan fingerprint density at radius 1 is 0.505 bits per heavy atom. The van der Waals surface area contributed by atoms with Gasteiger partial charge in [-0.25, -0.2) is 54.2 Å². The summed E-state index contributed by atoms with van der Waals surface area (Å²) in [6.07, 6.45) is -7.64. The Balaban J connectivity index is 0.000000256. The largest absolute Gasteiger partial charge is 0.469 e. The normalized spacial score (nSPS) is 11.3. The van der Waals surface area contributed by atoms with Crippen LogP contribution in [0.2, 0.25) is 10.0 Å². The molecular weight excluding hydrogens is 1620 g/mol. The van der Waals surface area contributed by atoms with E-state index >= 15 is 0 Å². The van der Waals surface area contributed by atoms with Crippen LogP contribution >= 0.6 is 68.4 Å². The quantitative estimate of drug-likeness (QED) is 0.00930. The number of anilines is 1.